The summed E-state index contributed by atoms with van der Waals surface area (Å²) in [5, 5.41) is 16.8. The summed E-state index contributed by atoms with van der Waals surface area (Å²) in [6, 6.07) is 0. The number of carboxylic acids is 2. The number of alkyl halides is 6. The highest BCUT2D eigenvalue weighted by atomic mass is 35.5. The van der Waals surface area contributed by atoms with Crippen molar-refractivity contribution in [2.45, 2.75) is 38.7 Å². The van der Waals surface area contributed by atoms with Crippen molar-refractivity contribution in [2.75, 3.05) is 0 Å². The molecule has 10 heteroatoms. The lowest BCUT2D eigenvalue weighted by Gasteiger charge is -2.41. The molecular formula is C9H10Cl6O4. The normalized spacial score (nSPS) is 15.1. The van der Waals surface area contributed by atoms with Crippen LogP contribution >= 0.6 is 69.6 Å². The lowest BCUT2D eigenvalue weighted by molar-refractivity contribution is -0.153. The van der Waals surface area contributed by atoms with Crippen molar-refractivity contribution in [2.24, 2.45) is 0 Å². The predicted octanol–water partition coefficient (Wildman–Crippen LogP) is 3.89. The maximum Gasteiger partial charge on any atom is 0.339 e. The number of halogens is 6. The Balaban J connectivity index is 5.80. The minimum absolute atomic E-state index is 0.224. The third-order valence-electron chi connectivity index (χ3n) is 2.38. The molecule has 2 N–H and O–H groups in total. The first-order valence-electron chi connectivity index (χ1n) is 4.92. The van der Waals surface area contributed by atoms with E-state index in [2.05, 4.69) is 0 Å². The second-order valence-electron chi connectivity index (χ2n) is 3.72. The Bertz CT molecular complexity index is 356. The standard InChI is InChI=1S/C9H10Cl6O4/c1-2-3-4(10)8(12,13)9(14,15)7(11,5(16)17)6(18)19/h4H,2-3H2,1H3,(H,16,17)(H,18,19). The fraction of sp³-hybridized carbons (Fsp3) is 0.778. The summed E-state index contributed by atoms with van der Waals surface area (Å²) < 4.78 is -5.07. The summed E-state index contributed by atoms with van der Waals surface area (Å²) in [4.78, 5) is 19.0. The van der Waals surface area contributed by atoms with Gasteiger partial charge in [-0.2, -0.15) is 0 Å². The Hall–Kier alpha value is 0.680. The van der Waals surface area contributed by atoms with Crippen molar-refractivity contribution in [1.82, 2.24) is 0 Å². The molecule has 0 aliphatic rings. The molecule has 0 aromatic heterocycles. The molecule has 0 saturated heterocycles. The quantitative estimate of drug-likeness (QED) is 0.507. The van der Waals surface area contributed by atoms with Crippen molar-refractivity contribution in [1.29, 1.82) is 0 Å². The summed E-state index contributed by atoms with van der Waals surface area (Å²) in [5.41, 5.74) is 0. The van der Waals surface area contributed by atoms with Crippen LogP contribution in [-0.4, -0.2) is 41.1 Å². The second-order valence-corrected chi connectivity index (χ2v) is 7.53. The van der Waals surface area contributed by atoms with E-state index in [-0.39, 0.29) is 6.42 Å². The van der Waals surface area contributed by atoms with Gasteiger partial charge in [-0.1, -0.05) is 71.3 Å². The molecule has 112 valence electrons. The Labute approximate surface area is 139 Å². The van der Waals surface area contributed by atoms with Crippen LogP contribution in [0.1, 0.15) is 19.8 Å². The third-order valence-corrected chi connectivity index (χ3v) is 6.59. The molecule has 0 aromatic rings. The molecule has 0 fully saturated rings. The lowest BCUT2D eigenvalue weighted by Crippen LogP contribution is -2.63. The average Bonchev–Trinajstić information content (AvgIpc) is 2.26. The Kier molecular flexibility index (Phi) is 6.87. The minimum Gasteiger partial charge on any atom is -0.479 e. The van der Waals surface area contributed by atoms with Crippen LogP contribution in [-0.2, 0) is 9.59 Å². The highest BCUT2D eigenvalue weighted by molar-refractivity contribution is 6.70. The smallest absolute Gasteiger partial charge is 0.339 e. The van der Waals surface area contributed by atoms with Crippen molar-refractivity contribution in [3.8, 4) is 0 Å². The number of rotatable bonds is 7. The fourth-order valence-corrected chi connectivity index (χ4v) is 3.05. The van der Waals surface area contributed by atoms with Crippen molar-refractivity contribution in [3.63, 3.8) is 0 Å². The minimum atomic E-state index is -3.15. The Morgan fingerprint density at radius 2 is 1.42 bits per heavy atom. The average molecular weight is 395 g/mol. The van der Waals surface area contributed by atoms with Gasteiger partial charge in [0.25, 0.3) is 4.87 Å². The summed E-state index contributed by atoms with van der Waals surface area (Å²) in [7, 11) is 0. The Morgan fingerprint density at radius 1 is 1.05 bits per heavy atom. The maximum atomic E-state index is 11.1. The van der Waals surface area contributed by atoms with Gasteiger partial charge in [0.15, 0.2) is 8.67 Å². The van der Waals surface area contributed by atoms with Crippen molar-refractivity contribution in [3.05, 3.63) is 0 Å². The van der Waals surface area contributed by atoms with Gasteiger partial charge in [-0.3, -0.25) is 0 Å². The van der Waals surface area contributed by atoms with Crippen LogP contribution in [0, 0.1) is 0 Å². The Morgan fingerprint density at radius 3 is 1.68 bits per heavy atom. The predicted molar refractivity (Wildman–Crippen MR) is 77.3 cm³/mol. The van der Waals surface area contributed by atoms with Gasteiger partial charge < -0.3 is 10.2 Å². The van der Waals surface area contributed by atoms with Gasteiger partial charge in [-0.15, -0.1) is 11.6 Å². The third kappa shape index (κ3) is 3.30. The van der Waals surface area contributed by atoms with Gasteiger partial charge in [-0.05, 0) is 6.42 Å². The van der Waals surface area contributed by atoms with E-state index in [1.165, 1.54) is 0 Å². The molecule has 4 nitrogen and oxygen atoms in total. The zero-order chi connectivity index (χ0) is 15.6. The van der Waals surface area contributed by atoms with E-state index in [1.54, 1.807) is 6.92 Å². The van der Waals surface area contributed by atoms with E-state index in [0.717, 1.165) is 0 Å². The van der Waals surface area contributed by atoms with Crippen LogP contribution in [0.5, 0.6) is 0 Å². The molecule has 0 bridgehead atoms. The van der Waals surface area contributed by atoms with E-state index in [0.29, 0.717) is 6.42 Å². The van der Waals surface area contributed by atoms with Gasteiger partial charge in [0.2, 0.25) is 0 Å². The molecule has 0 aliphatic heterocycles. The van der Waals surface area contributed by atoms with Crippen molar-refractivity contribution < 1.29 is 19.8 Å². The molecular weight excluding hydrogens is 385 g/mol. The maximum absolute atomic E-state index is 11.1. The van der Waals surface area contributed by atoms with Gasteiger partial charge in [0.05, 0.1) is 5.38 Å². The van der Waals surface area contributed by atoms with Crippen LogP contribution < -0.4 is 0 Å². The zero-order valence-electron chi connectivity index (χ0n) is 9.47. The van der Waals surface area contributed by atoms with E-state index in [9.17, 15) is 9.59 Å². The topological polar surface area (TPSA) is 74.6 Å². The molecule has 1 unspecified atom stereocenters. The molecule has 0 saturated carbocycles. The van der Waals surface area contributed by atoms with Gasteiger partial charge in [0.1, 0.15) is 0 Å². The molecule has 0 aliphatic carbocycles. The van der Waals surface area contributed by atoms with Crippen LogP contribution in [0.25, 0.3) is 0 Å². The second kappa shape index (κ2) is 6.63. The van der Waals surface area contributed by atoms with E-state index < -0.39 is 30.9 Å². The summed E-state index contributed by atoms with van der Waals surface area (Å²) in [6.07, 6.45) is 0.761. The van der Waals surface area contributed by atoms with Gasteiger partial charge in [0, 0.05) is 0 Å². The van der Waals surface area contributed by atoms with Crippen LogP contribution in [0.3, 0.4) is 0 Å². The number of carboxylic acid groups (broad SMARTS) is 2. The van der Waals surface area contributed by atoms with Crippen LogP contribution in [0.2, 0.25) is 0 Å². The van der Waals surface area contributed by atoms with Gasteiger partial charge in [-0.25, -0.2) is 9.59 Å². The molecule has 0 aromatic carbocycles. The number of aliphatic carboxylic acids is 2. The fourth-order valence-electron chi connectivity index (χ4n) is 1.22. The first-order chi connectivity index (χ1) is 8.37. The van der Waals surface area contributed by atoms with Crippen molar-refractivity contribution >= 4 is 81.5 Å². The SMILES string of the molecule is CCCC(Cl)C(Cl)(Cl)C(Cl)(Cl)C(Cl)(C(=O)O)C(=O)O. The summed E-state index contributed by atoms with van der Waals surface area (Å²) in [5.74, 6) is -4.00. The number of hydrogen-bond acceptors (Lipinski definition) is 2. The van der Waals surface area contributed by atoms with E-state index >= 15 is 0 Å². The van der Waals surface area contributed by atoms with E-state index in [4.69, 9.17) is 79.8 Å². The largest absolute Gasteiger partial charge is 0.479 e. The molecule has 0 spiro atoms. The van der Waals surface area contributed by atoms with Crippen LogP contribution in [0.15, 0.2) is 0 Å². The molecule has 0 rings (SSSR count). The summed E-state index contributed by atoms with van der Waals surface area (Å²) >= 11 is 34.8. The molecule has 19 heavy (non-hydrogen) atoms. The highest BCUT2D eigenvalue weighted by Gasteiger charge is 2.71. The highest BCUT2D eigenvalue weighted by Crippen LogP contribution is 2.56. The molecule has 0 amide bonds. The van der Waals surface area contributed by atoms with Gasteiger partial charge >= 0.3 is 11.9 Å². The monoisotopic (exact) mass is 392 g/mol. The first kappa shape index (κ1) is 19.7. The number of carbonyl (C=O) groups is 2. The first-order valence-corrected chi connectivity index (χ1v) is 7.25. The number of hydrogen-bond donors (Lipinski definition) is 2. The molecule has 0 heterocycles. The molecule has 0 radical (unpaired) electrons. The van der Waals surface area contributed by atoms with E-state index in [1.807, 2.05) is 0 Å². The zero-order valence-corrected chi connectivity index (χ0v) is 14.0. The lowest BCUT2D eigenvalue weighted by atomic mass is 9.97. The summed E-state index contributed by atoms with van der Waals surface area (Å²) in [6.45, 7) is 1.76. The molecule has 1 atom stereocenters. The van der Waals surface area contributed by atoms with Crippen LogP contribution in [0.4, 0.5) is 0 Å².